The zero-order valence-electron chi connectivity index (χ0n) is 16.7. The summed E-state index contributed by atoms with van der Waals surface area (Å²) in [5.74, 6) is -0.108. The number of anilines is 2. The Kier molecular flexibility index (Phi) is 6.34. The predicted octanol–water partition coefficient (Wildman–Crippen LogP) is 5.02. The van der Waals surface area contributed by atoms with E-state index >= 15 is 0 Å². The summed E-state index contributed by atoms with van der Waals surface area (Å²) in [7, 11) is -2.45. The molecule has 8 heteroatoms. The van der Waals surface area contributed by atoms with Crippen LogP contribution < -0.4 is 14.8 Å². The topological polar surface area (TPSA) is 84.5 Å². The normalized spacial score (nSPS) is 11.1. The van der Waals surface area contributed by atoms with Gasteiger partial charge in [-0.1, -0.05) is 29.8 Å². The van der Waals surface area contributed by atoms with Crippen molar-refractivity contribution in [3.05, 3.63) is 82.4 Å². The van der Waals surface area contributed by atoms with E-state index in [-0.39, 0.29) is 10.6 Å². The molecule has 6 nitrogen and oxygen atoms in total. The number of rotatable bonds is 6. The third kappa shape index (κ3) is 4.75. The molecule has 30 heavy (non-hydrogen) atoms. The highest BCUT2D eigenvalue weighted by Crippen LogP contribution is 2.30. The summed E-state index contributed by atoms with van der Waals surface area (Å²) in [4.78, 5) is 12.6. The number of benzene rings is 3. The number of hydrogen-bond acceptors (Lipinski definition) is 4. The fourth-order valence-electron chi connectivity index (χ4n) is 2.84. The Morgan fingerprint density at radius 3 is 2.40 bits per heavy atom. The number of carbonyl (C=O) groups is 1. The van der Waals surface area contributed by atoms with Gasteiger partial charge in [0.15, 0.2) is 0 Å². The molecule has 0 atom stereocenters. The maximum Gasteiger partial charge on any atom is 0.261 e. The van der Waals surface area contributed by atoms with Crippen LogP contribution in [0.25, 0.3) is 0 Å². The smallest absolute Gasteiger partial charge is 0.261 e. The summed E-state index contributed by atoms with van der Waals surface area (Å²) in [5, 5.41) is 3.11. The molecule has 0 fully saturated rings. The van der Waals surface area contributed by atoms with Crippen LogP contribution in [-0.2, 0) is 10.0 Å². The van der Waals surface area contributed by atoms with Crippen LogP contribution >= 0.6 is 11.6 Å². The van der Waals surface area contributed by atoms with E-state index in [0.717, 1.165) is 11.1 Å². The molecule has 3 aromatic rings. The van der Waals surface area contributed by atoms with Gasteiger partial charge in [0.1, 0.15) is 5.75 Å². The van der Waals surface area contributed by atoms with Gasteiger partial charge in [-0.3, -0.25) is 9.52 Å². The average molecular weight is 445 g/mol. The van der Waals surface area contributed by atoms with Crippen molar-refractivity contribution in [3.8, 4) is 5.75 Å². The first kappa shape index (κ1) is 21.7. The molecule has 2 N–H and O–H groups in total. The van der Waals surface area contributed by atoms with Gasteiger partial charge in [0.25, 0.3) is 15.9 Å². The molecule has 0 saturated carbocycles. The van der Waals surface area contributed by atoms with Crippen molar-refractivity contribution in [2.24, 2.45) is 0 Å². The lowest BCUT2D eigenvalue weighted by Gasteiger charge is -2.15. The number of sulfonamides is 1. The molecule has 0 saturated heterocycles. The number of ether oxygens (including phenoxy) is 1. The van der Waals surface area contributed by atoms with Gasteiger partial charge in [-0.15, -0.1) is 0 Å². The van der Waals surface area contributed by atoms with E-state index in [1.165, 1.54) is 31.4 Å². The van der Waals surface area contributed by atoms with Crippen molar-refractivity contribution in [2.45, 2.75) is 18.7 Å². The second-order valence-electron chi connectivity index (χ2n) is 6.68. The maximum atomic E-state index is 12.9. The van der Waals surface area contributed by atoms with E-state index in [4.69, 9.17) is 16.3 Å². The lowest BCUT2D eigenvalue weighted by atomic mass is 10.1. The molecule has 3 aromatic carbocycles. The first-order valence-electron chi connectivity index (χ1n) is 9.05. The summed E-state index contributed by atoms with van der Waals surface area (Å²) in [6, 6.07) is 16.1. The van der Waals surface area contributed by atoms with Crippen LogP contribution in [0.5, 0.6) is 5.75 Å². The van der Waals surface area contributed by atoms with Gasteiger partial charge in [0.05, 0.1) is 23.4 Å². The van der Waals surface area contributed by atoms with E-state index < -0.39 is 15.9 Å². The number of amides is 1. The van der Waals surface area contributed by atoms with E-state index in [2.05, 4.69) is 10.0 Å². The van der Waals surface area contributed by atoms with Gasteiger partial charge in [-0.25, -0.2) is 8.42 Å². The van der Waals surface area contributed by atoms with Crippen LogP contribution in [0.2, 0.25) is 5.02 Å². The van der Waals surface area contributed by atoms with Crippen molar-refractivity contribution in [1.82, 2.24) is 0 Å². The highest BCUT2D eigenvalue weighted by molar-refractivity contribution is 7.92. The predicted molar refractivity (Wildman–Crippen MR) is 119 cm³/mol. The summed E-state index contributed by atoms with van der Waals surface area (Å²) >= 11 is 5.94. The first-order valence-corrected chi connectivity index (χ1v) is 10.9. The largest absolute Gasteiger partial charge is 0.495 e. The SMILES string of the molecule is COc1ccc(S(=O)(=O)Nc2cccc(C)c2C)cc1NC(=O)c1cccc(Cl)c1. The number of aryl methyl sites for hydroxylation is 1. The van der Waals surface area contributed by atoms with Crippen LogP contribution in [0, 0.1) is 13.8 Å². The van der Waals surface area contributed by atoms with E-state index in [1.807, 2.05) is 19.9 Å². The Morgan fingerprint density at radius 2 is 1.70 bits per heavy atom. The van der Waals surface area contributed by atoms with Gasteiger partial charge in [0.2, 0.25) is 0 Å². The number of halogens is 1. The Morgan fingerprint density at radius 1 is 0.967 bits per heavy atom. The number of carbonyl (C=O) groups excluding carboxylic acids is 1. The average Bonchev–Trinajstić information content (AvgIpc) is 2.71. The second kappa shape index (κ2) is 8.77. The molecule has 0 aliphatic heterocycles. The molecule has 0 aliphatic rings. The standard InChI is InChI=1S/C22H21ClN2O4S/c1-14-6-4-9-19(15(14)2)25-30(27,28)18-10-11-21(29-3)20(13-18)24-22(26)16-7-5-8-17(23)12-16/h4-13,25H,1-3H3,(H,24,26). The maximum absolute atomic E-state index is 12.9. The zero-order chi connectivity index (χ0) is 21.9. The van der Waals surface area contributed by atoms with Gasteiger partial charge in [0, 0.05) is 10.6 Å². The highest BCUT2D eigenvalue weighted by Gasteiger charge is 2.19. The molecular formula is C22H21ClN2O4S. The van der Waals surface area contributed by atoms with E-state index in [1.54, 1.807) is 30.3 Å². The lowest BCUT2D eigenvalue weighted by Crippen LogP contribution is -2.16. The number of nitrogens with one attached hydrogen (secondary N) is 2. The summed E-state index contributed by atoms with van der Waals surface area (Å²) in [6.45, 7) is 3.75. The van der Waals surface area contributed by atoms with Crippen LogP contribution in [0.15, 0.2) is 65.6 Å². The van der Waals surface area contributed by atoms with Gasteiger partial charge >= 0.3 is 0 Å². The fraction of sp³-hybridized carbons (Fsp3) is 0.136. The summed E-state index contributed by atoms with van der Waals surface area (Å²) < 4.78 is 33.7. The second-order valence-corrected chi connectivity index (χ2v) is 8.80. The third-order valence-electron chi connectivity index (χ3n) is 4.67. The van der Waals surface area contributed by atoms with Gasteiger partial charge in [-0.2, -0.15) is 0 Å². The van der Waals surface area contributed by atoms with Crippen molar-refractivity contribution < 1.29 is 17.9 Å². The molecule has 0 aliphatic carbocycles. The van der Waals surface area contributed by atoms with Gasteiger partial charge < -0.3 is 10.1 Å². The number of hydrogen-bond donors (Lipinski definition) is 2. The molecule has 156 valence electrons. The van der Waals surface area contributed by atoms with E-state index in [9.17, 15) is 13.2 Å². The monoisotopic (exact) mass is 444 g/mol. The van der Waals surface area contributed by atoms with Crippen LogP contribution in [-0.4, -0.2) is 21.4 Å². The van der Waals surface area contributed by atoms with Crippen molar-refractivity contribution >= 4 is 38.9 Å². The molecule has 3 rings (SSSR count). The lowest BCUT2D eigenvalue weighted by molar-refractivity contribution is 0.102. The Labute approximate surface area is 180 Å². The minimum absolute atomic E-state index is 0.00870. The van der Waals surface area contributed by atoms with Crippen LogP contribution in [0.4, 0.5) is 11.4 Å². The van der Waals surface area contributed by atoms with Crippen molar-refractivity contribution in [1.29, 1.82) is 0 Å². The van der Waals surface area contributed by atoms with E-state index in [0.29, 0.717) is 22.0 Å². The molecule has 0 aromatic heterocycles. The molecule has 0 heterocycles. The van der Waals surface area contributed by atoms with Crippen LogP contribution in [0.1, 0.15) is 21.5 Å². The Bertz CT molecular complexity index is 1210. The molecule has 1 amide bonds. The minimum Gasteiger partial charge on any atom is -0.495 e. The Hall–Kier alpha value is -3.03. The number of methoxy groups -OCH3 is 1. The third-order valence-corrected chi connectivity index (χ3v) is 6.26. The molecule has 0 radical (unpaired) electrons. The van der Waals surface area contributed by atoms with Crippen molar-refractivity contribution in [3.63, 3.8) is 0 Å². The van der Waals surface area contributed by atoms with Gasteiger partial charge in [-0.05, 0) is 67.4 Å². The molecule has 0 spiro atoms. The summed E-state index contributed by atoms with van der Waals surface area (Å²) in [5.41, 5.74) is 2.87. The minimum atomic E-state index is -3.89. The zero-order valence-corrected chi connectivity index (χ0v) is 18.3. The highest BCUT2D eigenvalue weighted by atomic mass is 35.5. The molecule has 0 unspecified atom stereocenters. The quantitative estimate of drug-likeness (QED) is 0.559. The van der Waals surface area contributed by atoms with Crippen LogP contribution in [0.3, 0.4) is 0 Å². The molecular weight excluding hydrogens is 424 g/mol. The Balaban J connectivity index is 1.93. The van der Waals surface area contributed by atoms with Crippen molar-refractivity contribution in [2.75, 3.05) is 17.1 Å². The fourth-order valence-corrected chi connectivity index (χ4v) is 4.18. The molecule has 0 bridgehead atoms. The summed E-state index contributed by atoms with van der Waals surface area (Å²) in [6.07, 6.45) is 0. The first-order chi connectivity index (χ1) is 14.2.